The zero-order chi connectivity index (χ0) is 23.9. The van der Waals surface area contributed by atoms with Crippen LogP contribution in [-0.2, 0) is 6.61 Å². The predicted molar refractivity (Wildman–Crippen MR) is 134 cm³/mol. The van der Waals surface area contributed by atoms with Gasteiger partial charge in [0.1, 0.15) is 12.4 Å². The predicted octanol–water partition coefficient (Wildman–Crippen LogP) is 5.22. The normalized spacial score (nSPS) is 10.9. The van der Waals surface area contributed by atoms with Crippen molar-refractivity contribution in [2.24, 2.45) is 5.10 Å². The molecule has 1 heterocycles. The smallest absolute Gasteiger partial charge is 0.165 e. The number of nitrogens with zero attached hydrogens (tertiary/aromatic N) is 4. The van der Waals surface area contributed by atoms with Gasteiger partial charge >= 0.3 is 0 Å². The van der Waals surface area contributed by atoms with Gasteiger partial charge in [0.05, 0.1) is 18.9 Å². The lowest BCUT2D eigenvalue weighted by atomic mass is 10.2. The lowest BCUT2D eigenvalue weighted by Gasteiger charge is -2.14. The van der Waals surface area contributed by atoms with Gasteiger partial charge in [-0.25, -0.2) is 9.97 Å². The van der Waals surface area contributed by atoms with Crippen molar-refractivity contribution in [3.63, 3.8) is 0 Å². The molecule has 34 heavy (non-hydrogen) atoms. The first-order chi connectivity index (χ1) is 16.5. The molecule has 0 amide bonds. The second-order valence-corrected chi connectivity index (χ2v) is 7.66. The maximum atomic E-state index is 10.2. The van der Waals surface area contributed by atoms with Crippen molar-refractivity contribution in [3.05, 3.63) is 95.7 Å². The highest BCUT2D eigenvalue weighted by molar-refractivity contribution is 5.81. The highest BCUT2D eigenvalue weighted by Gasteiger charge is 2.11. The van der Waals surface area contributed by atoms with Crippen molar-refractivity contribution < 1.29 is 14.6 Å². The molecule has 0 radical (unpaired) electrons. The fourth-order valence-corrected chi connectivity index (χ4v) is 3.34. The number of methoxy groups -OCH3 is 1. The van der Waals surface area contributed by atoms with Gasteiger partial charge in [-0.05, 0) is 48.4 Å². The van der Waals surface area contributed by atoms with Crippen molar-refractivity contribution in [1.82, 2.24) is 9.97 Å². The van der Waals surface area contributed by atoms with Gasteiger partial charge in [0.2, 0.25) is 0 Å². The van der Waals surface area contributed by atoms with Gasteiger partial charge in [0.25, 0.3) is 0 Å². The van der Waals surface area contributed by atoms with E-state index in [0.717, 1.165) is 16.8 Å². The minimum Gasteiger partial charge on any atom is -0.507 e. The quantitative estimate of drug-likeness (QED) is 0.291. The molecule has 0 aliphatic carbocycles. The Kier molecular flexibility index (Phi) is 7.03. The van der Waals surface area contributed by atoms with E-state index < -0.39 is 0 Å². The van der Waals surface area contributed by atoms with Crippen molar-refractivity contribution >= 4 is 12.0 Å². The summed E-state index contributed by atoms with van der Waals surface area (Å²) in [6.07, 6.45) is 1.73. The second-order valence-electron chi connectivity index (χ2n) is 7.66. The van der Waals surface area contributed by atoms with E-state index in [9.17, 15) is 5.11 Å². The molecule has 0 bridgehead atoms. The van der Waals surface area contributed by atoms with E-state index in [2.05, 4.69) is 15.1 Å². The van der Waals surface area contributed by atoms with Crippen LogP contribution in [-0.4, -0.2) is 35.4 Å². The lowest BCUT2D eigenvalue weighted by molar-refractivity contribution is 0.284. The third-order valence-electron chi connectivity index (χ3n) is 5.12. The van der Waals surface area contributed by atoms with Crippen LogP contribution in [0.4, 0.5) is 5.82 Å². The molecule has 3 aromatic carbocycles. The fraction of sp³-hybridized carbons (Fsp3) is 0.148. The SMILES string of the molecule is COc1ccc(C=NN(C)c2cc(C)nc(-c3ccccc3O)n2)cc1OCc1ccccc1. The zero-order valence-electron chi connectivity index (χ0n) is 19.3. The molecule has 0 aliphatic rings. The number of ether oxygens (including phenoxy) is 2. The summed E-state index contributed by atoms with van der Waals surface area (Å²) in [6, 6.07) is 24.4. The summed E-state index contributed by atoms with van der Waals surface area (Å²) in [7, 11) is 3.43. The van der Waals surface area contributed by atoms with Gasteiger partial charge in [-0.1, -0.05) is 42.5 Å². The van der Waals surface area contributed by atoms with E-state index in [1.54, 1.807) is 36.5 Å². The van der Waals surface area contributed by atoms with Crippen LogP contribution in [0.25, 0.3) is 11.4 Å². The van der Waals surface area contributed by atoms with E-state index >= 15 is 0 Å². The molecule has 1 N–H and O–H groups in total. The summed E-state index contributed by atoms with van der Waals surface area (Å²) in [4.78, 5) is 9.04. The Morgan fingerprint density at radius 2 is 1.71 bits per heavy atom. The number of aromatic hydroxyl groups is 1. The number of aryl methyl sites for hydroxylation is 1. The Hall–Kier alpha value is -4.39. The highest BCUT2D eigenvalue weighted by atomic mass is 16.5. The Bertz CT molecular complexity index is 1290. The topological polar surface area (TPSA) is 80.1 Å². The Balaban J connectivity index is 1.53. The van der Waals surface area contributed by atoms with Crippen LogP contribution in [0, 0.1) is 6.92 Å². The number of phenolic OH excluding ortho intramolecular Hbond substituents is 1. The molecule has 0 unspecified atom stereocenters. The number of phenols is 1. The Morgan fingerprint density at radius 1 is 0.941 bits per heavy atom. The number of hydrogen-bond donors (Lipinski definition) is 1. The molecule has 4 rings (SSSR count). The summed E-state index contributed by atoms with van der Waals surface area (Å²) < 4.78 is 11.4. The number of rotatable bonds is 8. The largest absolute Gasteiger partial charge is 0.507 e. The maximum absolute atomic E-state index is 10.2. The van der Waals surface area contributed by atoms with Gasteiger partial charge in [-0.3, -0.25) is 5.01 Å². The second kappa shape index (κ2) is 10.5. The molecule has 1 aromatic heterocycles. The molecule has 0 aliphatic heterocycles. The molecule has 7 nitrogen and oxygen atoms in total. The molecule has 0 atom stereocenters. The van der Waals surface area contributed by atoms with Crippen molar-refractivity contribution in [3.8, 4) is 28.6 Å². The van der Waals surface area contributed by atoms with Crippen LogP contribution in [0.2, 0.25) is 0 Å². The average molecular weight is 455 g/mol. The van der Waals surface area contributed by atoms with E-state index in [-0.39, 0.29) is 5.75 Å². The summed E-state index contributed by atoms with van der Waals surface area (Å²) in [5, 5.41) is 16.4. The van der Waals surface area contributed by atoms with Crippen molar-refractivity contribution in [2.75, 3.05) is 19.2 Å². The summed E-state index contributed by atoms with van der Waals surface area (Å²) in [5.41, 5.74) is 3.26. The van der Waals surface area contributed by atoms with Gasteiger partial charge in [0.15, 0.2) is 23.1 Å². The average Bonchev–Trinajstić information content (AvgIpc) is 2.86. The van der Waals surface area contributed by atoms with Crippen LogP contribution < -0.4 is 14.5 Å². The van der Waals surface area contributed by atoms with Crippen LogP contribution in [0.1, 0.15) is 16.8 Å². The minimum absolute atomic E-state index is 0.131. The van der Waals surface area contributed by atoms with Crippen LogP contribution in [0.15, 0.2) is 84.0 Å². The first-order valence-electron chi connectivity index (χ1n) is 10.8. The third-order valence-corrected chi connectivity index (χ3v) is 5.12. The number of hydrogen-bond acceptors (Lipinski definition) is 7. The Labute approximate surface area is 199 Å². The molecule has 4 aromatic rings. The molecule has 0 saturated carbocycles. The Morgan fingerprint density at radius 3 is 2.47 bits per heavy atom. The molecule has 172 valence electrons. The summed E-state index contributed by atoms with van der Waals surface area (Å²) >= 11 is 0. The molecular weight excluding hydrogens is 428 g/mol. The molecule has 0 spiro atoms. The monoisotopic (exact) mass is 454 g/mol. The number of benzene rings is 3. The van der Waals surface area contributed by atoms with E-state index in [1.807, 2.05) is 74.6 Å². The van der Waals surface area contributed by atoms with Crippen molar-refractivity contribution in [2.45, 2.75) is 13.5 Å². The van der Waals surface area contributed by atoms with Crippen LogP contribution in [0.5, 0.6) is 17.2 Å². The molecule has 0 saturated heterocycles. The van der Waals surface area contributed by atoms with E-state index in [4.69, 9.17) is 9.47 Å². The number of anilines is 1. The molecule has 7 heteroatoms. The summed E-state index contributed by atoms with van der Waals surface area (Å²) in [5.74, 6) is 2.47. The lowest BCUT2D eigenvalue weighted by Crippen LogP contribution is -2.12. The number of para-hydroxylation sites is 1. The van der Waals surface area contributed by atoms with Crippen LogP contribution >= 0.6 is 0 Å². The third kappa shape index (κ3) is 5.50. The van der Waals surface area contributed by atoms with Crippen LogP contribution in [0.3, 0.4) is 0 Å². The zero-order valence-corrected chi connectivity index (χ0v) is 19.3. The first-order valence-corrected chi connectivity index (χ1v) is 10.8. The standard InChI is InChI=1S/C27H26N4O3/c1-19-15-26(30-27(29-19)22-11-7-8-12-23(22)32)31(2)28-17-21-13-14-24(33-3)25(16-21)34-18-20-9-5-4-6-10-20/h4-17,32H,18H2,1-3H3. The van der Waals surface area contributed by atoms with Gasteiger partial charge in [-0.2, -0.15) is 5.10 Å². The van der Waals surface area contributed by atoms with E-state index in [1.165, 1.54) is 0 Å². The fourth-order valence-electron chi connectivity index (χ4n) is 3.34. The summed E-state index contributed by atoms with van der Waals surface area (Å²) in [6.45, 7) is 2.32. The molecular formula is C27H26N4O3. The van der Waals surface area contributed by atoms with E-state index in [0.29, 0.717) is 35.3 Å². The number of hydrazone groups is 1. The first kappa shape index (κ1) is 22.8. The minimum atomic E-state index is 0.131. The van der Waals surface area contributed by atoms with Gasteiger partial charge < -0.3 is 14.6 Å². The van der Waals surface area contributed by atoms with Gasteiger partial charge in [-0.15, -0.1) is 0 Å². The number of aromatic nitrogens is 2. The molecule has 0 fully saturated rings. The maximum Gasteiger partial charge on any atom is 0.165 e. The highest BCUT2D eigenvalue weighted by Crippen LogP contribution is 2.29. The van der Waals surface area contributed by atoms with Crippen molar-refractivity contribution in [1.29, 1.82) is 0 Å². The van der Waals surface area contributed by atoms with Gasteiger partial charge in [0, 0.05) is 18.8 Å².